The summed E-state index contributed by atoms with van der Waals surface area (Å²) in [6, 6.07) is 1.03. The van der Waals surface area contributed by atoms with Gasteiger partial charge in [0.25, 0.3) is 0 Å². The quantitative estimate of drug-likeness (QED) is 0.605. The predicted octanol–water partition coefficient (Wildman–Crippen LogP) is -0.0288. The molecule has 1 fully saturated rings. The Morgan fingerprint density at radius 1 is 1.45 bits per heavy atom. The third-order valence-electron chi connectivity index (χ3n) is 2.01. The lowest BCUT2D eigenvalue weighted by molar-refractivity contribution is 0.0938. The van der Waals surface area contributed by atoms with Gasteiger partial charge >= 0.3 is 0 Å². The predicted molar refractivity (Wildman–Crippen MR) is 45.7 cm³/mol. The van der Waals surface area contributed by atoms with Crippen LogP contribution in [0.3, 0.4) is 0 Å². The van der Waals surface area contributed by atoms with E-state index in [1.165, 1.54) is 0 Å². The zero-order valence-electron chi connectivity index (χ0n) is 7.55. The van der Waals surface area contributed by atoms with Gasteiger partial charge in [0.05, 0.1) is 6.10 Å². The molecule has 1 heterocycles. The fourth-order valence-electron chi connectivity index (χ4n) is 1.50. The highest BCUT2D eigenvalue weighted by molar-refractivity contribution is 4.88. The monoisotopic (exact) mass is 158 g/mol. The molecule has 66 valence electrons. The molecule has 0 aliphatic carbocycles. The summed E-state index contributed by atoms with van der Waals surface area (Å²) in [4.78, 5) is 0. The highest BCUT2D eigenvalue weighted by Crippen LogP contribution is 2.04. The molecule has 0 aromatic heterocycles. The van der Waals surface area contributed by atoms with Gasteiger partial charge in [0, 0.05) is 32.3 Å². The van der Waals surface area contributed by atoms with Gasteiger partial charge in [0.15, 0.2) is 0 Å². The molecule has 3 nitrogen and oxygen atoms in total. The van der Waals surface area contributed by atoms with E-state index >= 15 is 0 Å². The fourth-order valence-corrected chi connectivity index (χ4v) is 1.50. The highest BCUT2D eigenvalue weighted by Gasteiger charge is 2.26. The minimum atomic E-state index is 0.345. The number of ether oxygens (including phenoxy) is 1. The van der Waals surface area contributed by atoms with Gasteiger partial charge < -0.3 is 15.4 Å². The standard InChI is InChI=1S/C8H18N2O/c1-6(2)10-7-4-9-5-8(7)11-3/h6-10H,4-5H2,1-3H3/t7-,8-/m1/s1. The lowest BCUT2D eigenvalue weighted by atomic mass is 10.2. The zero-order valence-corrected chi connectivity index (χ0v) is 7.55. The van der Waals surface area contributed by atoms with Crippen LogP contribution in [0.1, 0.15) is 13.8 Å². The summed E-state index contributed by atoms with van der Waals surface area (Å²) < 4.78 is 5.30. The second kappa shape index (κ2) is 4.04. The summed E-state index contributed by atoms with van der Waals surface area (Å²) in [7, 11) is 1.77. The molecule has 2 N–H and O–H groups in total. The first-order chi connectivity index (χ1) is 5.24. The Morgan fingerprint density at radius 2 is 2.18 bits per heavy atom. The lowest BCUT2D eigenvalue weighted by Gasteiger charge is -2.20. The average molecular weight is 158 g/mol. The van der Waals surface area contributed by atoms with Gasteiger partial charge in [0.2, 0.25) is 0 Å². The van der Waals surface area contributed by atoms with E-state index in [2.05, 4.69) is 24.5 Å². The fraction of sp³-hybridized carbons (Fsp3) is 1.00. The molecule has 0 spiro atoms. The van der Waals surface area contributed by atoms with Crippen LogP contribution in [-0.4, -0.2) is 38.4 Å². The topological polar surface area (TPSA) is 33.3 Å². The van der Waals surface area contributed by atoms with Crippen molar-refractivity contribution in [3.63, 3.8) is 0 Å². The van der Waals surface area contributed by atoms with Gasteiger partial charge in [-0.25, -0.2) is 0 Å². The summed E-state index contributed by atoms with van der Waals surface area (Å²) in [5, 5.41) is 6.75. The Balaban J connectivity index is 2.31. The Hall–Kier alpha value is -0.120. The van der Waals surface area contributed by atoms with Crippen LogP contribution in [0.4, 0.5) is 0 Å². The molecule has 11 heavy (non-hydrogen) atoms. The maximum absolute atomic E-state index is 5.30. The number of hydrogen-bond acceptors (Lipinski definition) is 3. The molecule has 1 aliphatic heterocycles. The van der Waals surface area contributed by atoms with Crippen LogP contribution in [0.15, 0.2) is 0 Å². The van der Waals surface area contributed by atoms with E-state index in [1.54, 1.807) is 7.11 Å². The Morgan fingerprint density at radius 3 is 2.73 bits per heavy atom. The SMILES string of the molecule is CO[C@@H]1CNC[C@H]1NC(C)C. The van der Waals surface area contributed by atoms with Crippen molar-refractivity contribution >= 4 is 0 Å². The van der Waals surface area contributed by atoms with Crippen molar-refractivity contribution < 1.29 is 4.74 Å². The molecule has 3 heteroatoms. The molecule has 0 aromatic carbocycles. The molecule has 0 aromatic rings. The van der Waals surface area contributed by atoms with E-state index < -0.39 is 0 Å². The molecule has 1 saturated heterocycles. The summed E-state index contributed by atoms with van der Waals surface area (Å²) in [6.45, 7) is 6.31. The average Bonchev–Trinajstić information content (AvgIpc) is 2.34. The Bertz CT molecular complexity index is 117. The van der Waals surface area contributed by atoms with Crippen LogP contribution in [0.2, 0.25) is 0 Å². The van der Waals surface area contributed by atoms with Gasteiger partial charge in [0.1, 0.15) is 0 Å². The summed E-state index contributed by atoms with van der Waals surface area (Å²) >= 11 is 0. The van der Waals surface area contributed by atoms with Gasteiger partial charge in [-0.05, 0) is 0 Å². The lowest BCUT2D eigenvalue weighted by Crippen LogP contribution is -2.43. The molecule has 1 rings (SSSR count). The maximum atomic E-state index is 5.30. The van der Waals surface area contributed by atoms with E-state index in [0.717, 1.165) is 13.1 Å². The maximum Gasteiger partial charge on any atom is 0.0860 e. The minimum absolute atomic E-state index is 0.345. The first kappa shape index (κ1) is 8.97. The second-order valence-corrected chi connectivity index (χ2v) is 3.36. The Kier molecular flexibility index (Phi) is 3.30. The van der Waals surface area contributed by atoms with Crippen molar-refractivity contribution in [3.8, 4) is 0 Å². The number of rotatable bonds is 3. The molecule has 0 bridgehead atoms. The third kappa shape index (κ3) is 2.43. The van der Waals surface area contributed by atoms with Gasteiger partial charge in [-0.2, -0.15) is 0 Å². The van der Waals surface area contributed by atoms with Gasteiger partial charge in [-0.15, -0.1) is 0 Å². The van der Waals surface area contributed by atoms with Crippen molar-refractivity contribution in [2.45, 2.75) is 32.0 Å². The summed E-state index contributed by atoms with van der Waals surface area (Å²) in [5.41, 5.74) is 0. The first-order valence-electron chi connectivity index (χ1n) is 4.23. The van der Waals surface area contributed by atoms with E-state index in [0.29, 0.717) is 18.2 Å². The first-order valence-corrected chi connectivity index (χ1v) is 4.23. The van der Waals surface area contributed by atoms with Crippen LogP contribution in [-0.2, 0) is 4.74 Å². The molecule has 2 atom stereocenters. The highest BCUT2D eigenvalue weighted by atomic mass is 16.5. The van der Waals surface area contributed by atoms with Crippen LogP contribution in [0, 0.1) is 0 Å². The number of hydrogen-bond donors (Lipinski definition) is 2. The molecule has 1 aliphatic rings. The van der Waals surface area contributed by atoms with Crippen LogP contribution in [0.5, 0.6) is 0 Å². The van der Waals surface area contributed by atoms with Crippen molar-refractivity contribution in [2.24, 2.45) is 0 Å². The molecular weight excluding hydrogens is 140 g/mol. The van der Waals surface area contributed by atoms with Gasteiger partial charge in [-0.1, -0.05) is 13.8 Å². The zero-order chi connectivity index (χ0) is 8.27. The normalized spacial score (nSPS) is 31.6. The molecule has 0 unspecified atom stereocenters. The van der Waals surface area contributed by atoms with E-state index in [9.17, 15) is 0 Å². The van der Waals surface area contributed by atoms with Crippen molar-refractivity contribution in [1.82, 2.24) is 10.6 Å². The molecule has 0 amide bonds. The van der Waals surface area contributed by atoms with E-state index in [4.69, 9.17) is 4.74 Å². The second-order valence-electron chi connectivity index (χ2n) is 3.36. The minimum Gasteiger partial charge on any atom is -0.378 e. The molecule has 0 saturated carbocycles. The summed E-state index contributed by atoms with van der Waals surface area (Å²) in [6.07, 6.45) is 0.345. The smallest absolute Gasteiger partial charge is 0.0860 e. The summed E-state index contributed by atoms with van der Waals surface area (Å²) in [5.74, 6) is 0. The van der Waals surface area contributed by atoms with Crippen molar-refractivity contribution in [3.05, 3.63) is 0 Å². The largest absolute Gasteiger partial charge is 0.378 e. The number of methoxy groups -OCH3 is 1. The Labute approximate surface area is 68.5 Å². The van der Waals surface area contributed by atoms with E-state index in [1.807, 2.05) is 0 Å². The van der Waals surface area contributed by atoms with Gasteiger partial charge in [-0.3, -0.25) is 0 Å². The van der Waals surface area contributed by atoms with E-state index in [-0.39, 0.29) is 0 Å². The molecular formula is C8H18N2O. The third-order valence-corrected chi connectivity index (χ3v) is 2.01. The van der Waals surface area contributed by atoms with Crippen molar-refractivity contribution in [1.29, 1.82) is 0 Å². The van der Waals surface area contributed by atoms with Crippen LogP contribution < -0.4 is 10.6 Å². The molecule has 0 radical (unpaired) electrons. The van der Waals surface area contributed by atoms with Crippen LogP contribution >= 0.6 is 0 Å². The van der Waals surface area contributed by atoms with Crippen LogP contribution in [0.25, 0.3) is 0 Å². The number of nitrogens with one attached hydrogen (secondary N) is 2. The van der Waals surface area contributed by atoms with Crippen molar-refractivity contribution in [2.75, 3.05) is 20.2 Å².